The van der Waals surface area contributed by atoms with Crippen LogP contribution in [0.5, 0.6) is 0 Å². The topological polar surface area (TPSA) is 91.4 Å². The van der Waals surface area contributed by atoms with E-state index in [2.05, 4.69) is 13.8 Å². The third-order valence-corrected chi connectivity index (χ3v) is 12.2. The molecule has 43 heavy (non-hydrogen) atoms. The molecule has 0 radical (unpaired) electrons. The minimum atomic E-state index is -0.400. The van der Waals surface area contributed by atoms with Crippen molar-refractivity contribution in [2.45, 2.75) is 89.6 Å². The summed E-state index contributed by atoms with van der Waals surface area (Å²) in [5.74, 6) is 0.690. The third kappa shape index (κ3) is 4.44. The first-order valence-corrected chi connectivity index (χ1v) is 16.0. The van der Waals surface area contributed by atoms with Gasteiger partial charge >= 0.3 is 11.9 Å². The smallest absolute Gasteiger partial charge is 0.331 e. The van der Waals surface area contributed by atoms with Crippen molar-refractivity contribution in [2.75, 3.05) is 6.61 Å². The number of benzene rings is 1. The van der Waals surface area contributed by atoms with Gasteiger partial charge < -0.3 is 18.9 Å². The summed E-state index contributed by atoms with van der Waals surface area (Å²) in [6.45, 7) is 6.51. The standard InChI is InChI=1S/C36H42O7/c1-22(38)41-32-31(25-17-24(19-37)20-40-21-25)35(3)16-14-28-29(36(35)33(32)43-36)11-10-26-18-27(13-15-34(26,28)2)42-30(39)12-9-23-7-5-4-6-8-23/h4-9,12,17,19,21,26-29,31-33H,10-11,13-16,18,20H2,1-3H3/b12-9+/t26-,27+,28+,29-,31+,32-,33-,34+,35-,36-/m1/s1. The van der Waals surface area contributed by atoms with Crippen molar-refractivity contribution in [3.05, 3.63) is 65.5 Å². The number of hydrogen-bond acceptors (Lipinski definition) is 7. The van der Waals surface area contributed by atoms with E-state index < -0.39 is 6.10 Å². The van der Waals surface area contributed by atoms with E-state index in [1.165, 1.54) is 6.92 Å². The molecule has 2 heterocycles. The van der Waals surface area contributed by atoms with Gasteiger partial charge in [0.15, 0.2) is 0 Å². The Kier molecular flexibility index (Phi) is 6.95. The maximum Gasteiger partial charge on any atom is 0.331 e. The van der Waals surface area contributed by atoms with Crippen molar-refractivity contribution in [1.29, 1.82) is 0 Å². The van der Waals surface area contributed by atoms with Crippen LogP contribution in [-0.4, -0.2) is 48.7 Å². The number of carbonyl (C=O) groups is 3. The van der Waals surface area contributed by atoms with Crippen LogP contribution < -0.4 is 0 Å². The Balaban J connectivity index is 1.10. The molecule has 7 nitrogen and oxygen atoms in total. The van der Waals surface area contributed by atoms with Crippen molar-refractivity contribution in [1.82, 2.24) is 0 Å². The fraction of sp³-hybridized carbons (Fsp3) is 0.583. The van der Waals surface area contributed by atoms with E-state index >= 15 is 0 Å². The molecular weight excluding hydrogens is 544 g/mol. The van der Waals surface area contributed by atoms with Crippen LogP contribution in [-0.2, 0) is 33.3 Å². The van der Waals surface area contributed by atoms with E-state index in [1.807, 2.05) is 42.5 Å². The normalized spacial score (nSPS) is 42.6. The van der Waals surface area contributed by atoms with Crippen LogP contribution in [0.25, 0.3) is 6.08 Å². The third-order valence-electron chi connectivity index (χ3n) is 12.2. The van der Waals surface area contributed by atoms with E-state index in [-0.39, 0.29) is 53.1 Å². The Morgan fingerprint density at radius 1 is 1.00 bits per heavy atom. The number of rotatable bonds is 6. The lowest BCUT2D eigenvalue weighted by Crippen LogP contribution is -2.58. The number of hydrogen-bond donors (Lipinski definition) is 0. The molecular formula is C36H42O7. The highest BCUT2D eigenvalue weighted by Crippen LogP contribution is 2.77. The van der Waals surface area contributed by atoms with Gasteiger partial charge in [-0.3, -0.25) is 9.59 Å². The first-order valence-electron chi connectivity index (χ1n) is 16.0. The second-order valence-corrected chi connectivity index (χ2v) is 14.2. The van der Waals surface area contributed by atoms with Gasteiger partial charge in [0.1, 0.15) is 36.8 Å². The summed E-state index contributed by atoms with van der Waals surface area (Å²) in [4.78, 5) is 36.6. The molecule has 228 valence electrons. The predicted molar refractivity (Wildman–Crippen MR) is 159 cm³/mol. The monoisotopic (exact) mass is 586 g/mol. The molecule has 6 aliphatic rings. The predicted octanol–water partition coefficient (Wildman–Crippen LogP) is 5.98. The fourth-order valence-electron chi connectivity index (χ4n) is 10.3. The van der Waals surface area contributed by atoms with Crippen LogP contribution in [0.3, 0.4) is 0 Å². The lowest BCUT2D eigenvalue weighted by atomic mass is 9.44. The van der Waals surface area contributed by atoms with Gasteiger partial charge in [-0.25, -0.2) is 4.79 Å². The molecule has 4 aliphatic carbocycles. The molecule has 2 aliphatic heterocycles. The average Bonchev–Trinajstić information content (AvgIpc) is 3.71. The zero-order valence-corrected chi connectivity index (χ0v) is 25.3. The van der Waals surface area contributed by atoms with Gasteiger partial charge in [0, 0.05) is 29.9 Å². The Hall–Kier alpha value is -3.19. The van der Waals surface area contributed by atoms with Crippen LogP contribution in [0.4, 0.5) is 0 Å². The van der Waals surface area contributed by atoms with Crippen LogP contribution in [0, 0.1) is 34.5 Å². The number of epoxide rings is 1. The number of carbonyl (C=O) groups excluding carboxylic acids is 3. The average molecular weight is 587 g/mol. The maximum absolute atomic E-state index is 12.7. The lowest BCUT2D eigenvalue weighted by Gasteiger charge is -2.61. The van der Waals surface area contributed by atoms with E-state index in [0.29, 0.717) is 23.3 Å². The molecule has 1 aromatic carbocycles. The molecule has 1 spiro atoms. The second-order valence-electron chi connectivity index (χ2n) is 14.2. The molecule has 4 saturated carbocycles. The van der Waals surface area contributed by atoms with Gasteiger partial charge in [-0.1, -0.05) is 44.2 Å². The molecule has 1 aromatic rings. The Labute approximate surface area is 253 Å². The van der Waals surface area contributed by atoms with E-state index in [4.69, 9.17) is 18.9 Å². The lowest BCUT2D eigenvalue weighted by molar-refractivity contribution is -0.168. The van der Waals surface area contributed by atoms with Gasteiger partial charge in [0.05, 0.1) is 6.26 Å². The Morgan fingerprint density at radius 2 is 1.81 bits per heavy atom. The molecule has 10 atom stereocenters. The first-order chi connectivity index (χ1) is 20.7. The molecule has 7 heteroatoms. The van der Waals surface area contributed by atoms with Crippen molar-refractivity contribution in [3.63, 3.8) is 0 Å². The highest BCUT2D eigenvalue weighted by atomic mass is 16.7. The molecule has 0 bridgehead atoms. The summed E-state index contributed by atoms with van der Waals surface area (Å²) in [6.07, 6.45) is 14.3. The summed E-state index contributed by atoms with van der Waals surface area (Å²) in [5.41, 5.74) is 2.07. The SMILES string of the molecule is CC(=O)O[C@H]1[C@H]2O[C@]23[C@@H]2CC[C@@H]4C[C@@H](OC(=O)/C=C/c5ccccc5)CC[C@]4(C)[C@H]2CC[C@]3(C)[C@H]1C1=COCC(C=O)=C1. The number of esters is 2. The van der Waals surface area contributed by atoms with Crippen molar-refractivity contribution < 1.29 is 33.3 Å². The fourth-order valence-corrected chi connectivity index (χ4v) is 10.3. The zero-order valence-electron chi connectivity index (χ0n) is 25.3. The summed E-state index contributed by atoms with van der Waals surface area (Å²) in [5, 5.41) is 0. The molecule has 1 saturated heterocycles. The highest BCUT2D eigenvalue weighted by molar-refractivity contribution is 5.87. The van der Waals surface area contributed by atoms with Crippen LogP contribution in [0.2, 0.25) is 0 Å². The van der Waals surface area contributed by atoms with E-state index in [9.17, 15) is 14.4 Å². The molecule has 0 aromatic heterocycles. The van der Waals surface area contributed by atoms with Gasteiger partial charge in [-0.05, 0) is 91.4 Å². The number of aldehydes is 1. The van der Waals surface area contributed by atoms with E-state index in [1.54, 1.807) is 12.3 Å². The number of ether oxygens (including phenoxy) is 4. The summed E-state index contributed by atoms with van der Waals surface area (Å²) >= 11 is 0. The van der Waals surface area contributed by atoms with Gasteiger partial charge in [0.25, 0.3) is 0 Å². The largest absolute Gasteiger partial charge is 0.496 e. The van der Waals surface area contributed by atoms with Crippen LogP contribution >= 0.6 is 0 Å². The summed E-state index contributed by atoms with van der Waals surface area (Å²) in [7, 11) is 0. The summed E-state index contributed by atoms with van der Waals surface area (Å²) in [6, 6.07) is 9.81. The molecule has 7 rings (SSSR count). The van der Waals surface area contributed by atoms with Crippen LogP contribution in [0.15, 0.2) is 59.9 Å². The number of fused-ring (bicyclic) bond motifs is 3. The molecule has 0 amide bonds. The van der Waals surface area contributed by atoms with Crippen molar-refractivity contribution in [3.8, 4) is 0 Å². The zero-order chi connectivity index (χ0) is 30.0. The minimum absolute atomic E-state index is 0.0549. The van der Waals surface area contributed by atoms with Gasteiger partial charge in [0.2, 0.25) is 0 Å². The first kappa shape index (κ1) is 28.6. The minimum Gasteiger partial charge on any atom is -0.496 e. The summed E-state index contributed by atoms with van der Waals surface area (Å²) < 4.78 is 24.5. The Bertz CT molecular complexity index is 1400. The second kappa shape index (κ2) is 10.5. The van der Waals surface area contributed by atoms with Crippen molar-refractivity contribution in [2.24, 2.45) is 34.5 Å². The van der Waals surface area contributed by atoms with Gasteiger partial charge in [-0.2, -0.15) is 0 Å². The van der Waals surface area contributed by atoms with Gasteiger partial charge in [-0.15, -0.1) is 0 Å². The highest BCUT2D eigenvalue weighted by Gasteiger charge is 2.85. The Morgan fingerprint density at radius 3 is 2.58 bits per heavy atom. The van der Waals surface area contributed by atoms with E-state index in [0.717, 1.165) is 62.4 Å². The quantitative estimate of drug-likeness (QED) is 0.175. The van der Waals surface area contributed by atoms with Crippen molar-refractivity contribution >= 4 is 24.3 Å². The maximum atomic E-state index is 12.7. The molecule has 5 fully saturated rings. The van der Waals surface area contributed by atoms with Crippen LogP contribution in [0.1, 0.15) is 71.3 Å². The molecule has 0 unspecified atom stereocenters. The molecule has 0 N–H and O–H groups in total. The number of allylic oxidation sites excluding steroid dienone is 1.